The number of fused-ring (bicyclic) bond motifs is 1. The standard InChI is InChI=1S/C18H22ClNO3/c1-3-13-6-17-15(8-16(13)19)14(7-18(21)23-17)10-20(2)9-12-4-5-22-11-12/h6-8,12H,3-5,9-11H2,1-2H3/t12-/m1/s1. The number of hydrogen-bond acceptors (Lipinski definition) is 4. The van der Waals surface area contributed by atoms with E-state index in [0.29, 0.717) is 18.0 Å². The number of hydrogen-bond donors (Lipinski definition) is 0. The number of ether oxygens (including phenoxy) is 1. The molecule has 0 spiro atoms. The molecule has 1 aliphatic heterocycles. The summed E-state index contributed by atoms with van der Waals surface area (Å²) in [5.74, 6) is 0.571. The van der Waals surface area contributed by atoms with Crippen LogP contribution in [0.4, 0.5) is 0 Å². The Morgan fingerprint density at radius 1 is 1.30 bits per heavy atom. The van der Waals surface area contributed by atoms with Gasteiger partial charge in [-0.3, -0.25) is 0 Å². The number of nitrogens with zero attached hydrogens (tertiary/aromatic N) is 1. The Hall–Kier alpha value is -1.36. The second-order valence-corrected chi connectivity index (χ2v) is 6.72. The maximum Gasteiger partial charge on any atom is 0.336 e. The maximum atomic E-state index is 11.9. The van der Waals surface area contributed by atoms with Crippen LogP contribution in [0.5, 0.6) is 0 Å². The van der Waals surface area contributed by atoms with Crippen LogP contribution in [0.15, 0.2) is 27.4 Å². The van der Waals surface area contributed by atoms with Crippen molar-refractivity contribution >= 4 is 22.6 Å². The average molecular weight is 336 g/mol. The van der Waals surface area contributed by atoms with Crippen LogP contribution in [0.1, 0.15) is 24.5 Å². The summed E-state index contributed by atoms with van der Waals surface area (Å²) in [5, 5.41) is 1.64. The summed E-state index contributed by atoms with van der Waals surface area (Å²) in [4.78, 5) is 14.1. The molecule has 3 rings (SSSR count). The first-order valence-corrected chi connectivity index (χ1v) is 8.46. The van der Waals surface area contributed by atoms with E-state index in [1.165, 1.54) is 0 Å². The minimum absolute atomic E-state index is 0.311. The lowest BCUT2D eigenvalue weighted by Crippen LogP contribution is -2.26. The van der Waals surface area contributed by atoms with Gasteiger partial charge in [-0.25, -0.2) is 4.79 Å². The molecule has 1 fully saturated rings. The van der Waals surface area contributed by atoms with Gasteiger partial charge < -0.3 is 14.1 Å². The topological polar surface area (TPSA) is 42.7 Å². The van der Waals surface area contributed by atoms with Crippen molar-refractivity contribution in [2.24, 2.45) is 5.92 Å². The lowest BCUT2D eigenvalue weighted by molar-refractivity contribution is 0.173. The van der Waals surface area contributed by atoms with Gasteiger partial charge in [0.15, 0.2) is 0 Å². The highest BCUT2D eigenvalue weighted by Crippen LogP contribution is 2.27. The van der Waals surface area contributed by atoms with Crippen molar-refractivity contribution in [3.8, 4) is 0 Å². The Morgan fingerprint density at radius 2 is 2.13 bits per heavy atom. The fourth-order valence-electron chi connectivity index (χ4n) is 3.21. The van der Waals surface area contributed by atoms with Gasteiger partial charge in [0, 0.05) is 36.2 Å². The molecule has 1 aliphatic rings. The van der Waals surface area contributed by atoms with Gasteiger partial charge in [-0.15, -0.1) is 0 Å². The molecule has 124 valence electrons. The predicted octanol–water partition coefficient (Wildman–Crippen LogP) is 3.48. The molecule has 23 heavy (non-hydrogen) atoms. The van der Waals surface area contributed by atoms with Gasteiger partial charge in [-0.2, -0.15) is 0 Å². The van der Waals surface area contributed by atoms with Crippen LogP contribution in [0.2, 0.25) is 5.02 Å². The molecule has 0 amide bonds. The Morgan fingerprint density at radius 3 is 2.83 bits per heavy atom. The fraction of sp³-hybridized carbons (Fsp3) is 0.500. The molecule has 0 saturated carbocycles. The number of aryl methyl sites for hydroxylation is 1. The van der Waals surface area contributed by atoms with Crippen LogP contribution in [-0.2, 0) is 17.7 Å². The molecule has 0 unspecified atom stereocenters. The number of benzene rings is 1. The average Bonchev–Trinajstić information content (AvgIpc) is 3.00. The lowest BCUT2D eigenvalue weighted by Gasteiger charge is -2.20. The highest BCUT2D eigenvalue weighted by atomic mass is 35.5. The summed E-state index contributed by atoms with van der Waals surface area (Å²) in [5.41, 5.74) is 2.26. The molecular weight excluding hydrogens is 314 g/mol. The van der Waals surface area contributed by atoms with Gasteiger partial charge in [-0.1, -0.05) is 18.5 Å². The van der Waals surface area contributed by atoms with Crippen LogP contribution in [0.3, 0.4) is 0 Å². The van der Waals surface area contributed by atoms with Gasteiger partial charge in [0.25, 0.3) is 0 Å². The van der Waals surface area contributed by atoms with Gasteiger partial charge in [0.1, 0.15) is 5.58 Å². The zero-order valence-electron chi connectivity index (χ0n) is 13.6. The highest BCUT2D eigenvalue weighted by Gasteiger charge is 2.18. The molecule has 0 N–H and O–H groups in total. The van der Waals surface area contributed by atoms with Crippen molar-refractivity contribution in [3.05, 3.63) is 44.8 Å². The third kappa shape index (κ3) is 3.77. The van der Waals surface area contributed by atoms with E-state index in [2.05, 4.69) is 11.9 Å². The second-order valence-electron chi connectivity index (χ2n) is 6.31. The Balaban J connectivity index is 1.89. The zero-order valence-corrected chi connectivity index (χ0v) is 14.4. The minimum atomic E-state index is -0.311. The molecule has 1 aromatic heterocycles. The molecule has 4 nitrogen and oxygen atoms in total. The van der Waals surface area contributed by atoms with E-state index in [9.17, 15) is 4.79 Å². The van der Waals surface area contributed by atoms with E-state index in [1.807, 2.05) is 19.1 Å². The van der Waals surface area contributed by atoms with E-state index in [0.717, 1.165) is 54.1 Å². The summed E-state index contributed by atoms with van der Waals surface area (Å²) < 4.78 is 10.8. The lowest BCUT2D eigenvalue weighted by atomic mass is 10.0. The van der Waals surface area contributed by atoms with Gasteiger partial charge in [0.05, 0.1) is 6.61 Å². The maximum absolute atomic E-state index is 11.9. The number of rotatable bonds is 5. The van der Waals surface area contributed by atoms with Crippen LogP contribution < -0.4 is 5.63 Å². The Kier molecular flexibility index (Phi) is 5.05. The van der Waals surface area contributed by atoms with Crippen molar-refractivity contribution < 1.29 is 9.15 Å². The van der Waals surface area contributed by atoms with Crippen molar-refractivity contribution in [3.63, 3.8) is 0 Å². The molecule has 5 heteroatoms. The molecule has 2 aromatic rings. The predicted molar refractivity (Wildman–Crippen MR) is 92.1 cm³/mol. The van der Waals surface area contributed by atoms with E-state index < -0.39 is 0 Å². The Labute approximate surface area is 141 Å². The molecule has 1 atom stereocenters. The SMILES string of the molecule is CCc1cc2oc(=O)cc(CN(C)C[C@H]3CCOC3)c2cc1Cl. The van der Waals surface area contributed by atoms with E-state index >= 15 is 0 Å². The van der Waals surface area contributed by atoms with E-state index in [1.54, 1.807) is 6.07 Å². The van der Waals surface area contributed by atoms with Gasteiger partial charge in [0.2, 0.25) is 0 Å². The fourth-order valence-corrected chi connectivity index (χ4v) is 3.51. The molecule has 2 heterocycles. The zero-order chi connectivity index (χ0) is 16.4. The summed E-state index contributed by atoms with van der Waals surface area (Å²) in [6.45, 7) is 5.37. The Bertz CT molecular complexity index is 750. The first-order valence-electron chi connectivity index (χ1n) is 8.08. The third-order valence-corrected chi connectivity index (χ3v) is 4.76. The van der Waals surface area contributed by atoms with Crippen LogP contribution >= 0.6 is 11.6 Å². The first-order chi connectivity index (χ1) is 11.1. The van der Waals surface area contributed by atoms with Crippen molar-refractivity contribution in [1.82, 2.24) is 4.90 Å². The second kappa shape index (κ2) is 7.04. The summed E-state index contributed by atoms with van der Waals surface area (Å²) >= 11 is 6.34. The normalized spacial score (nSPS) is 18.2. The molecule has 0 bridgehead atoms. The van der Waals surface area contributed by atoms with Crippen LogP contribution in [0.25, 0.3) is 11.0 Å². The monoisotopic (exact) mass is 335 g/mol. The molecule has 1 saturated heterocycles. The number of halogens is 1. The smallest absolute Gasteiger partial charge is 0.336 e. The third-order valence-electron chi connectivity index (χ3n) is 4.41. The van der Waals surface area contributed by atoms with E-state index in [-0.39, 0.29) is 5.63 Å². The van der Waals surface area contributed by atoms with Crippen LogP contribution in [0, 0.1) is 5.92 Å². The van der Waals surface area contributed by atoms with E-state index in [4.69, 9.17) is 20.8 Å². The van der Waals surface area contributed by atoms with Gasteiger partial charge in [-0.05, 0) is 49.1 Å². The van der Waals surface area contributed by atoms with Gasteiger partial charge >= 0.3 is 5.63 Å². The summed E-state index contributed by atoms with van der Waals surface area (Å²) in [6, 6.07) is 5.37. The van der Waals surface area contributed by atoms with Crippen molar-refractivity contribution in [2.75, 3.05) is 26.8 Å². The van der Waals surface area contributed by atoms with Crippen molar-refractivity contribution in [2.45, 2.75) is 26.3 Å². The summed E-state index contributed by atoms with van der Waals surface area (Å²) in [7, 11) is 2.07. The van der Waals surface area contributed by atoms with Crippen LogP contribution in [-0.4, -0.2) is 31.7 Å². The minimum Gasteiger partial charge on any atom is -0.423 e. The molecule has 1 aromatic carbocycles. The quantitative estimate of drug-likeness (QED) is 0.785. The molecule has 0 aliphatic carbocycles. The van der Waals surface area contributed by atoms with Crippen molar-refractivity contribution in [1.29, 1.82) is 0 Å². The molecule has 0 radical (unpaired) electrons. The first kappa shape index (κ1) is 16.5. The molecular formula is C18H22ClNO3. The highest BCUT2D eigenvalue weighted by molar-refractivity contribution is 6.32. The largest absolute Gasteiger partial charge is 0.423 e. The summed E-state index contributed by atoms with van der Waals surface area (Å²) in [6.07, 6.45) is 1.91.